The zero-order chi connectivity index (χ0) is 11.7. The van der Waals surface area contributed by atoms with Crippen molar-refractivity contribution in [2.24, 2.45) is 16.6 Å². The van der Waals surface area contributed by atoms with Crippen LogP contribution in [0.25, 0.3) is 0 Å². The lowest BCUT2D eigenvalue weighted by molar-refractivity contribution is 0.0574. The van der Waals surface area contributed by atoms with Gasteiger partial charge in [-0.3, -0.25) is 4.99 Å². The highest BCUT2D eigenvalue weighted by Crippen LogP contribution is 2.33. The molecule has 2 saturated heterocycles. The average Bonchev–Trinajstić information content (AvgIpc) is 2.19. The summed E-state index contributed by atoms with van der Waals surface area (Å²) in [5.74, 6) is 1.23. The lowest BCUT2D eigenvalue weighted by Crippen LogP contribution is -2.51. The van der Waals surface area contributed by atoms with E-state index in [0.29, 0.717) is 12.0 Å². The van der Waals surface area contributed by atoms with E-state index in [-0.39, 0.29) is 0 Å². The summed E-state index contributed by atoms with van der Waals surface area (Å²) in [6.07, 6.45) is 6.51. The highest BCUT2D eigenvalue weighted by Gasteiger charge is 2.35. The summed E-state index contributed by atoms with van der Waals surface area (Å²) in [7, 11) is 2.28. The van der Waals surface area contributed by atoms with E-state index >= 15 is 0 Å². The summed E-state index contributed by atoms with van der Waals surface area (Å²) in [5.41, 5.74) is 5.97. The molecule has 0 aliphatic carbocycles. The van der Waals surface area contributed by atoms with Gasteiger partial charge < -0.3 is 10.6 Å². The Bertz CT molecular complexity index is 258. The van der Waals surface area contributed by atoms with E-state index < -0.39 is 0 Å². The van der Waals surface area contributed by atoms with Gasteiger partial charge in [0.15, 0.2) is 0 Å². The molecule has 3 heteroatoms. The summed E-state index contributed by atoms with van der Waals surface area (Å²) >= 11 is 0. The van der Waals surface area contributed by atoms with Crippen LogP contribution in [0, 0.1) is 5.92 Å². The molecule has 0 saturated carbocycles. The van der Waals surface area contributed by atoms with Crippen LogP contribution < -0.4 is 5.73 Å². The fraction of sp³-hybridized carbons (Fsp3) is 0.923. The van der Waals surface area contributed by atoms with E-state index in [2.05, 4.69) is 25.8 Å². The number of nitrogens with two attached hydrogens (primary N) is 1. The molecule has 0 aromatic heterocycles. The molecule has 2 rings (SSSR count). The number of nitrogens with zero attached hydrogens (tertiary/aromatic N) is 2. The first-order valence-electron chi connectivity index (χ1n) is 6.63. The third-order valence-electron chi connectivity index (χ3n) is 4.24. The summed E-state index contributed by atoms with van der Waals surface area (Å²) in [4.78, 5) is 7.29. The van der Waals surface area contributed by atoms with Crippen molar-refractivity contribution in [3.8, 4) is 0 Å². The van der Waals surface area contributed by atoms with Crippen molar-refractivity contribution in [2.75, 3.05) is 7.05 Å². The number of fused-ring (bicyclic) bond motifs is 2. The number of aliphatic imine (C=N–C) groups is 1. The van der Waals surface area contributed by atoms with E-state index in [9.17, 15) is 0 Å². The smallest absolute Gasteiger partial charge is 0.0966 e. The van der Waals surface area contributed by atoms with Crippen molar-refractivity contribution < 1.29 is 0 Å². The van der Waals surface area contributed by atoms with Gasteiger partial charge in [-0.15, -0.1) is 0 Å². The lowest BCUT2D eigenvalue weighted by Gasteiger charge is -2.46. The fourth-order valence-corrected chi connectivity index (χ4v) is 3.05. The molecule has 16 heavy (non-hydrogen) atoms. The molecule has 2 fully saturated rings. The quantitative estimate of drug-likeness (QED) is 0.575. The van der Waals surface area contributed by atoms with E-state index in [0.717, 1.165) is 17.9 Å². The molecule has 0 aromatic carbocycles. The first-order chi connectivity index (χ1) is 7.58. The Balaban J connectivity index is 2.02. The molecule has 2 aliphatic heterocycles. The number of amidine groups is 1. The Kier molecular flexibility index (Phi) is 3.53. The molecule has 92 valence electrons. The van der Waals surface area contributed by atoms with Gasteiger partial charge in [0.1, 0.15) is 0 Å². The molecule has 0 amide bonds. The minimum Gasteiger partial charge on any atom is -0.387 e. The van der Waals surface area contributed by atoms with Gasteiger partial charge in [-0.2, -0.15) is 0 Å². The molecule has 0 radical (unpaired) electrons. The molecule has 2 bridgehead atoms. The lowest BCUT2D eigenvalue weighted by atomic mass is 9.82. The van der Waals surface area contributed by atoms with Crippen molar-refractivity contribution >= 4 is 5.84 Å². The maximum Gasteiger partial charge on any atom is 0.0966 e. The molecule has 2 unspecified atom stereocenters. The van der Waals surface area contributed by atoms with Crippen LogP contribution in [0.15, 0.2) is 4.99 Å². The van der Waals surface area contributed by atoms with Crippen LogP contribution >= 0.6 is 0 Å². The molecule has 3 nitrogen and oxygen atoms in total. The van der Waals surface area contributed by atoms with Crippen LogP contribution in [-0.2, 0) is 0 Å². The Hall–Kier alpha value is -0.570. The van der Waals surface area contributed by atoms with Gasteiger partial charge in [0.05, 0.1) is 11.9 Å². The van der Waals surface area contributed by atoms with Gasteiger partial charge in [0.25, 0.3) is 0 Å². The molecule has 2 N–H and O–H groups in total. The molecule has 2 atom stereocenters. The Morgan fingerprint density at radius 1 is 1.25 bits per heavy atom. The zero-order valence-electron chi connectivity index (χ0n) is 10.8. The SMILES string of the molecule is CC(C)C(N)=NC1CC2CCCC(C1)N2C. The van der Waals surface area contributed by atoms with Gasteiger partial charge in [0, 0.05) is 18.0 Å². The van der Waals surface area contributed by atoms with Crippen LogP contribution in [-0.4, -0.2) is 35.9 Å². The fourth-order valence-electron chi connectivity index (χ4n) is 3.05. The Morgan fingerprint density at radius 2 is 1.81 bits per heavy atom. The topological polar surface area (TPSA) is 41.6 Å². The standard InChI is InChI=1S/C13H25N3/c1-9(2)13(14)15-10-7-11-5-4-6-12(8-10)16(11)3/h9-12H,4-8H2,1-3H3,(H2,14,15). The van der Waals surface area contributed by atoms with Gasteiger partial charge in [-0.05, 0) is 32.7 Å². The number of piperidine rings is 2. The van der Waals surface area contributed by atoms with E-state index in [4.69, 9.17) is 10.7 Å². The highest BCUT2D eigenvalue weighted by molar-refractivity contribution is 5.82. The predicted octanol–water partition coefficient (Wildman–Crippen LogP) is 2.01. The van der Waals surface area contributed by atoms with Gasteiger partial charge in [-0.1, -0.05) is 20.3 Å². The third kappa shape index (κ3) is 2.40. The second-order valence-corrected chi connectivity index (χ2v) is 5.74. The minimum absolute atomic E-state index is 0.388. The number of rotatable bonds is 2. The van der Waals surface area contributed by atoms with E-state index in [1.807, 2.05) is 0 Å². The molecule has 0 spiro atoms. The normalized spacial score (nSPS) is 36.8. The first-order valence-corrected chi connectivity index (χ1v) is 6.63. The van der Waals surface area contributed by atoms with Crippen LogP contribution in [0.3, 0.4) is 0 Å². The van der Waals surface area contributed by atoms with Crippen molar-refractivity contribution in [3.63, 3.8) is 0 Å². The first kappa shape index (κ1) is 11.9. The average molecular weight is 223 g/mol. The summed E-state index contributed by atoms with van der Waals surface area (Å²) in [5, 5.41) is 0. The second kappa shape index (κ2) is 4.74. The second-order valence-electron chi connectivity index (χ2n) is 5.74. The van der Waals surface area contributed by atoms with Crippen LogP contribution in [0.2, 0.25) is 0 Å². The largest absolute Gasteiger partial charge is 0.387 e. The molecular weight excluding hydrogens is 198 g/mol. The molecule has 0 aromatic rings. The van der Waals surface area contributed by atoms with E-state index in [1.165, 1.54) is 32.1 Å². The third-order valence-corrected chi connectivity index (χ3v) is 4.24. The zero-order valence-corrected chi connectivity index (χ0v) is 10.8. The van der Waals surface area contributed by atoms with Crippen molar-refractivity contribution in [1.82, 2.24) is 4.90 Å². The maximum absolute atomic E-state index is 5.97. The van der Waals surface area contributed by atoms with Crippen molar-refractivity contribution in [3.05, 3.63) is 0 Å². The Labute approximate surface area is 99.1 Å². The van der Waals surface area contributed by atoms with Crippen LogP contribution in [0.1, 0.15) is 46.0 Å². The number of hydrogen-bond acceptors (Lipinski definition) is 2. The highest BCUT2D eigenvalue weighted by atomic mass is 15.2. The van der Waals surface area contributed by atoms with Gasteiger partial charge in [-0.25, -0.2) is 0 Å². The van der Waals surface area contributed by atoms with Crippen LogP contribution in [0.5, 0.6) is 0 Å². The van der Waals surface area contributed by atoms with Gasteiger partial charge >= 0.3 is 0 Å². The maximum atomic E-state index is 5.97. The summed E-state index contributed by atoms with van der Waals surface area (Å²) in [6, 6.07) is 1.98. The number of hydrogen-bond donors (Lipinski definition) is 1. The summed E-state index contributed by atoms with van der Waals surface area (Å²) in [6.45, 7) is 4.24. The van der Waals surface area contributed by atoms with Crippen LogP contribution in [0.4, 0.5) is 0 Å². The predicted molar refractivity (Wildman–Crippen MR) is 68.7 cm³/mol. The molecule has 2 heterocycles. The van der Waals surface area contributed by atoms with Crippen molar-refractivity contribution in [1.29, 1.82) is 0 Å². The molecular formula is C13H25N3. The van der Waals surface area contributed by atoms with E-state index in [1.54, 1.807) is 0 Å². The summed E-state index contributed by atoms with van der Waals surface area (Å²) < 4.78 is 0. The Morgan fingerprint density at radius 3 is 2.31 bits per heavy atom. The van der Waals surface area contributed by atoms with Crippen molar-refractivity contribution in [2.45, 2.75) is 64.1 Å². The minimum atomic E-state index is 0.388. The molecule has 2 aliphatic rings. The van der Waals surface area contributed by atoms with Gasteiger partial charge in [0.2, 0.25) is 0 Å². The monoisotopic (exact) mass is 223 g/mol.